The summed E-state index contributed by atoms with van der Waals surface area (Å²) in [5, 5.41) is 2.79. The van der Waals surface area contributed by atoms with Crippen LogP contribution in [0.3, 0.4) is 0 Å². The van der Waals surface area contributed by atoms with E-state index in [4.69, 9.17) is 6.42 Å². The Labute approximate surface area is 125 Å². The summed E-state index contributed by atoms with van der Waals surface area (Å²) in [5.74, 6) is 2.31. The highest BCUT2D eigenvalue weighted by Crippen LogP contribution is 2.21. The highest BCUT2D eigenvalue weighted by atomic mass is 79.9. The molecule has 94 valence electrons. The first-order valence-corrected chi connectivity index (χ1v) is 6.71. The molecule has 0 unspecified atom stereocenters. The molecule has 0 spiro atoms. The number of carbonyl (C=O) groups is 1. The number of hydrogen-bond donors (Lipinski definition) is 2. The third-order valence-electron chi connectivity index (χ3n) is 2.49. The van der Waals surface area contributed by atoms with Crippen LogP contribution < -0.4 is 5.32 Å². The Balaban J connectivity index is 2.23. The van der Waals surface area contributed by atoms with E-state index in [1.165, 1.54) is 0 Å². The zero-order valence-electron chi connectivity index (χ0n) is 9.85. The van der Waals surface area contributed by atoms with Gasteiger partial charge in [0.1, 0.15) is 0 Å². The van der Waals surface area contributed by atoms with Gasteiger partial charge in [0, 0.05) is 20.6 Å². The van der Waals surface area contributed by atoms with Crippen LogP contribution in [0.1, 0.15) is 15.9 Å². The van der Waals surface area contributed by atoms with Crippen molar-refractivity contribution in [1.82, 2.24) is 0 Å². The molecule has 0 aromatic heterocycles. The Hall–Kier alpha value is -1.70. The van der Waals surface area contributed by atoms with Crippen molar-refractivity contribution < 1.29 is 4.79 Å². The second kappa shape index (κ2) is 5.96. The molecule has 2 rings (SSSR count). The summed E-state index contributed by atoms with van der Waals surface area (Å²) in [6, 6.07) is 12.4. The first-order chi connectivity index (χ1) is 9.10. The standard InChI is InChI=1S/C15H10BrNOS/c1-2-10-4-3-5-12(8-10)17-15(18)13-7-6-11(16)9-14(13)19/h1,3-9,19H,(H,17,18). The average molecular weight is 332 g/mol. The van der Waals surface area contributed by atoms with E-state index < -0.39 is 0 Å². The number of terminal acetylenes is 1. The molecule has 0 bridgehead atoms. The number of nitrogens with one attached hydrogen (secondary N) is 1. The number of amides is 1. The minimum absolute atomic E-state index is 0.216. The van der Waals surface area contributed by atoms with Gasteiger partial charge in [-0.05, 0) is 36.4 Å². The van der Waals surface area contributed by atoms with Crippen molar-refractivity contribution >= 4 is 40.2 Å². The summed E-state index contributed by atoms with van der Waals surface area (Å²) in [4.78, 5) is 12.7. The second-order valence-corrected chi connectivity index (χ2v) is 5.24. The summed E-state index contributed by atoms with van der Waals surface area (Å²) in [7, 11) is 0. The fraction of sp³-hybridized carbons (Fsp3) is 0. The quantitative estimate of drug-likeness (QED) is 0.632. The molecule has 0 atom stereocenters. The van der Waals surface area contributed by atoms with Crippen molar-refractivity contribution in [1.29, 1.82) is 0 Å². The monoisotopic (exact) mass is 331 g/mol. The Morgan fingerprint density at radius 1 is 1.26 bits per heavy atom. The van der Waals surface area contributed by atoms with Gasteiger partial charge in [-0.1, -0.05) is 27.9 Å². The van der Waals surface area contributed by atoms with Crippen LogP contribution in [0.25, 0.3) is 0 Å². The summed E-state index contributed by atoms with van der Waals surface area (Å²) >= 11 is 7.62. The number of rotatable bonds is 2. The topological polar surface area (TPSA) is 29.1 Å². The normalized spacial score (nSPS) is 9.74. The first-order valence-electron chi connectivity index (χ1n) is 5.46. The molecule has 1 N–H and O–H groups in total. The number of benzene rings is 2. The second-order valence-electron chi connectivity index (χ2n) is 3.84. The lowest BCUT2D eigenvalue weighted by Gasteiger charge is -2.08. The molecule has 19 heavy (non-hydrogen) atoms. The lowest BCUT2D eigenvalue weighted by Crippen LogP contribution is -2.12. The molecule has 0 aliphatic heterocycles. The Morgan fingerprint density at radius 3 is 2.74 bits per heavy atom. The van der Waals surface area contributed by atoms with Gasteiger partial charge in [-0.2, -0.15) is 0 Å². The van der Waals surface area contributed by atoms with Crippen LogP contribution in [0.2, 0.25) is 0 Å². The maximum atomic E-state index is 12.1. The molecule has 0 heterocycles. The lowest BCUT2D eigenvalue weighted by atomic mass is 10.2. The van der Waals surface area contributed by atoms with Gasteiger partial charge in [0.05, 0.1) is 5.56 Å². The number of hydrogen-bond acceptors (Lipinski definition) is 2. The predicted molar refractivity (Wildman–Crippen MR) is 83.7 cm³/mol. The molecular weight excluding hydrogens is 322 g/mol. The highest BCUT2D eigenvalue weighted by Gasteiger charge is 2.10. The zero-order valence-corrected chi connectivity index (χ0v) is 12.3. The molecule has 0 aliphatic carbocycles. The molecule has 2 aromatic rings. The molecule has 0 fully saturated rings. The molecule has 0 saturated carbocycles. The highest BCUT2D eigenvalue weighted by molar-refractivity contribution is 9.10. The van der Waals surface area contributed by atoms with Crippen molar-refractivity contribution in [2.45, 2.75) is 4.90 Å². The number of anilines is 1. The van der Waals surface area contributed by atoms with E-state index in [0.29, 0.717) is 16.1 Å². The molecule has 2 aromatic carbocycles. The summed E-state index contributed by atoms with van der Waals surface area (Å²) < 4.78 is 0.878. The number of carbonyl (C=O) groups excluding carboxylic acids is 1. The average Bonchev–Trinajstić information content (AvgIpc) is 2.38. The van der Waals surface area contributed by atoms with Crippen molar-refractivity contribution in [2.75, 3.05) is 5.32 Å². The van der Waals surface area contributed by atoms with Gasteiger partial charge in [0.25, 0.3) is 5.91 Å². The third kappa shape index (κ3) is 3.40. The number of halogens is 1. The van der Waals surface area contributed by atoms with Crippen LogP contribution >= 0.6 is 28.6 Å². The molecule has 0 radical (unpaired) electrons. The SMILES string of the molecule is C#Cc1cccc(NC(=O)c2ccc(Br)cc2S)c1. The van der Waals surface area contributed by atoms with E-state index in [-0.39, 0.29) is 5.91 Å². The van der Waals surface area contributed by atoms with Crippen LogP contribution in [-0.2, 0) is 0 Å². The first kappa shape index (κ1) is 13.7. The predicted octanol–water partition coefficient (Wildman–Crippen LogP) is 3.97. The number of thiol groups is 1. The molecule has 0 aliphatic rings. The smallest absolute Gasteiger partial charge is 0.256 e. The van der Waals surface area contributed by atoms with Crippen LogP contribution in [0.5, 0.6) is 0 Å². The maximum Gasteiger partial charge on any atom is 0.256 e. The van der Waals surface area contributed by atoms with Crippen LogP contribution in [0, 0.1) is 12.3 Å². The van der Waals surface area contributed by atoms with E-state index in [1.807, 2.05) is 0 Å². The Morgan fingerprint density at radius 2 is 2.05 bits per heavy atom. The molecular formula is C15H10BrNOS. The van der Waals surface area contributed by atoms with E-state index >= 15 is 0 Å². The van der Waals surface area contributed by atoms with Gasteiger partial charge >= 0.3 is 0 Å². The van der Waals surface area contributed by atoms with Crippen molar-refractivity contribution in [3.63, 3.8) is 0 Å². The van der Waals surface area contributed by atoms with Gasteiger partial charge in [0.15, 0.2) is 0 Å². The molecule has 4 heteroatoms. The molecule has 2 nitrogen and oxygen atoms in total. The minimum atomic E-state index is -0.216. The Kier molecular flexibility index (Phi) is 4.31. The van der Waals surface area contributed by atoms with Gasteiger partial charge < -0.3 is 5.32 Å². The van der Waals surface area contributed by atoms with Gasteiger partial charge in [0.2, 0.25) is 0 Å². The lowest BCUT2D eigenvalue weighted by molar-refractivity contribution is 0.102. The van der Waals surface area contributed by atoms with Crippen LogP contribution in [0.15, 0.2) is 51.8 Å². The van der Waals surface area contributed by atoms with Gasteiger partial charge in [-0.15, -0.1) is 19.1 Å². The Bertz CT molecular complexity index is 676. The van der Waals surface area contributed by atoms with E-state index in [0.717, 1.165) is 10.0 Å². The van der Waals surface area contributed by atoms with Crippen molar-refractivity contribution in [2.24, 2.45) is 0 Å². The van der Waals surface area contributed by atoms with E-state index in [2.05, 4.69) is 39.8 Å². The van der Waals surface area contributed by atoms with Crippen molar-refractivity contribution in [3.8, 4) is 12.3 Å². The van der Waals surface area contributed by atoms with Crippen LogP contribution in [0.4, 0.5) is 5.69 Å². The third-order valence-corrected chi connectivity index (χ3v) is 3.35. The minimum Gasteiger partial charge on any atom is -0.322 e. The summed E-state index contributed by atoms with van der Waals surface area (Å²) in [6.07, 6.45) is 5.32. The molecule has 0 saturated heterocycles. The van der Waals surface area contributed by atoms with Crippen LogP contribution in [-0.4, -0.2) is 5.91 Å². The fourth-order valence-electron chi connectivity index (χ4n) is 1.58. The maximum absolute atomic E-state index is 12.1. The van der Waals surface area contributed by atoms with E-state index in [9.17, 15) is 4.79 Å². The van der Waals surface area contributed by atoms with Gasteiger partial charge in [-0.25, -0.2) is 0 Å². The summed E-state index contributed by atoms with van der Waals surface area (Å²) in [6.45, 7) is 0. The molecule has 1 amide bonds. The van der Waals surface area contributed by atoms with E-state index in [1.54, 1.807) is 42.5 Å². The fourth-order valence-corrected chi connectivity index (χ4v) is 2.44. The largest absolute Gasteiger partial charge is 0.322 e. The zero-order chi connectivity index (χ0) is 13.8. The summed E-state index contributed by atoms with van der Waals surface area (Å²) in [5.41, 5.74) is 1.90. The van der Waals surface area contributed by atoms with Crippen molar-refractivity contribution in [3.05, 3.63) is 58.1 Å². The van der Waals surface area contributed by atoms with Gasteiger partial charge in [-0.3, -0.25) is 4.79 Å².